The summed E-state index contributed by atoms with van der Waals surface area (Å²) < 4.78 is 35.1. The van der Waals surface area contributed by atoms with E-state index in [4.69, 9.17) is 28.4 Å². The number of ether oxygens (including phenoxy) is 6. The van der Waals surface area contributed by atoms with Gasteiger partial charge >= 0.3 is 5.97 Å². The maximum absolute atomic E-state index is 12.5. The van der Waals surface area contributed by atoms with Crippen LogP contribution in [0.5, 0.6) is 0 Å². The molecule has 0 aromatic heterocycles. The van der Waals surface area contributed by atoms with E-state index in [0.717, 1.165) is 63.4 Å². The molecule has 49 heavy (non-hydrogen) atoms. The Kier molecular flexibility index (Phi) is 9.82. The fourth-order valence-electron chi connectivity index (χ4n) is 11.6. The molecule has 3 heterocycles. The number of carbonyl (C=O) groups excluding carboxylic acids is 1. The molecule has 4 saturated carbocycles. The van der Waals surface area contributed by atoms with Gasteiger partial charge in [-0.3, -0.25) is 0 Å². The number of fused-ring (bicyclic) bond motifs is 5. The molecule has 0 amide bonds. The third-order valence-corrected chi connectivity index (χ3v) is 14.4. The first-order chi connectivity index (χ1) is 23.3. The van der Waals surface area contributed by atoms with Crippen molar-refractivity contribution in [2.24, 2.45) is 34.5 Å². The predicted molar refractivity (Wildman–Crippen MR) is 170 cm³/mol. The minimum Gasteiger partial charge on any atom is -0.458 e. The summed E-state index contributed by atoms with van der Waals surface area (Å²) in [5.41, 5.74) is 0.0599. The van der Waals surface area contributed by atoms with E-state index in [1.54, 1.807) is 13.0 Å². The Morgan fingerprint density at radius 2 is 1.61 bits per heavy atom. The van der Waals surface area contributed by atoms with Crippen molar-refractivity contribution in [3.05, 3.63) is 11.6 Å². The maximum Gasteiger partial charge on any atom is 0.331 e. The van der Waals surface area contributed by atoms with Gasteiger partial charge in [0.05, 0.1) is 24.4 Å². The fraction of sp³-hybridized carbons (Fsp3) is 0.917. The van der Waals surface area contributed by atoms with Crippen LogP contribution in [0.15, 0.2) is 11.6 Å². The molecule has 6 fully saturated rings. The smallest absolute Gasteiger partial charge is 0.331 e. The first kappa shape index (κ1) is 36.1. The number of esters is 1. The van der Waals surface area contributed by atoms with E-state index in [-0.39, 0.29) is 34.7 Å². The summed E-state index contributed by atoms with van der Waals surface area (Å²) in [5.74, 6) is 0.909. The van der Waals surface area contributed by atoms with Crippen molar-refractivity contribution >= 4 is 5.97 Å². The second-order valence-corrected chi connectivity index (χ2v) is 16.5. The highest BCUT2D eigenvalue weighted by Gasteiger charge is 2.68. The van der Waals surface area contributed by atoms with Crippen LogP contribution in [0, 0.1) is 34.5 Å². The number of aliphatic hydroxyl groups is 6. The maximum atomic E-state index is 12.5. The van der Waals surface area contributed by atoms with Gasteiger partial charge in [-0.2, -0.15) is 0 Å². The van der Waals surface area contributed by atoms with E-state index in [9.17, 15) is 35.4 Å². The Morgan fingerprint density at radius 3 is 2.31 bits per heavy atom. The average Bonchev–Trinajstić information content (AvgIpc) is 3.62. The fourth-order valence-corrected chi connectivity index (χ4v) is 11.6. The van der Waals surface area contributed by atoms with Gasteiger partial charge < -0.3 is 59.1 Å². The molecule has 7 aliphatic rings. The van der Waals surface area contributed by atoms with E-state index in [0.29, 0.717) is 18.4 Å². The van der Waals surface area contributed by atoms with Crippen molar-refractivity contribution in [1.29, 1.82) is 0 Å². The largest absolute Gasteiger partial charge is 0.458 e. The molecule has 0 spiro atoms. The van der Waals surface area contributed by atoms with Crippen molar-refractivity contribution in [2.45, 2.75) is 152 Å². The summed E-state index contributed by atoms with van der Waals surface area (Å²) in [5, 5.41) is 64.3. The van der Waals surface area contributed by atoms with Crippen molar-refractivity contribution in [3.8, 4) is 0 Å². The van der Waals surface area contributed by atoms with Crippen LogP contribution < -0.4 is 0 Å². The Labute approximate surface area is 287 Å². The van der Waals surface area contributed by atoms with Crippen LogP contribution in [0.3, 0.4) is 0 Å². The van der Waals surface area contributed by atoms with Crippen LogP contribution in [0.2, 0.25) is 0 Å². The Bertz CT molecular complexity index is 1260. The molecular weight excluding hydrogens is 640 g/mol. The second kappa shape index (κ2) is 13.3. The van der Waals surface area contributed by atoms with Crippen LogP contribution in [-0.2, 0) is 33.2 Å². The standard InChI is InChI=1S/C36H56O13/c1-17-30(49-32-28(41)27(40)26(39)24(15-37)48-32)31(44-4)29(42)33(46-17)47-20-7-10-34(2)19(14-20)5-6-23-22(34)8-11-35(3)21(9-12-36(23,35)43)18-13-25(38)45-16-18/h13,17,19-24,26-33,37,39-43H,5-12,14-16H2,1-4H3/t17-,19+,20-,21+,22-,23+,24+,26+,27-,28+,29-,30-,31-,32-,33-,34-,35+,36-/m0/s1. The molecule has 2 saturated heterocycles. The topological polar surface area (TPSA) is 194 Å². The number of rotatable bonds is 7. The van der Waals surface area contributed by atoms with E-state index in [1.807, 2.05) is 0 Å². The molecule has 0 radical (unpaired) electrons. The second-order valence-electron chi connectivity index (χ2n) is 16.5. The first-order valence-corrected chi connectivity index (χ1v) is 18.3. The molecule has 3 aliphatic heterocycles. The quantitative estimate of drug-likeness (QED) is 0.163. The van der Waals surface area contributed by atoms with Gasteiger partial charge in [0, 0.05) is 18.6 Å². The molecule has 4 aliphatic carbocycles. The molecule has 18 atom stereocenters. The van der Waals surface area contributed by atoms with Crippen LogP contribution in [0.4, 0.5) is 0 Å². The van der Waals surface area contributed by atoms with Crippen molar-refractivity contribution < 1.29 is 63.9 Å². The zero-order chi connectivity index (χ0) is 35.0. The van der Waals surface area contributed by atoms with E-state index < -0.39 is 73.6 Å². The lowest BCUT2D eigenvalue weighted by Crippen LogP contribution is -2.64. The van der Waals surface area contributed by atoms with E-state index in [2.05, 4.69) is 13.8 Å². The van der Waals surface area contributed by atoms with Gasteiger partial charge in [-0.05, 0) is 99.4 Å². The molecule has 0 aromatic carbocycles. The monoisotopic (exact) mass is 696 g/mol. The third-order valence-electron chi connectivity index (χ3n) is 14.4. The molecule has 13 heteroatoms. The third kappa shape index (κ3) is 5.74. The van der Waals surface area contributed by atoms with Crippen LogP contribution in [0.1, 0.15) is 78.6 Å². The van der Waals surface area contributed by atoms with Gasteiger partial charge in [-0.25, -0.2) is 4.79 Å². The molecular formula is C36H56O13. The van der Waals surface area contributed by atoms with Crippen molar-refractivity contribution in [1.82, 2.24) is 0 Å². The minimum atomic E-state index is -1.60. The lowest BCUT2D eigenvalue weighted by molar-refractivity contribution is -0.362. The zero-order valence-corrected chi connectivity index (χ0v) is 29.1. The summed E-state index contributed by atoms with van der Waals surface area (Å²) in [7, 11) is 1.44. The molecule has 0 unspecified atom stereocenters. The Morgan fingerprint density at radius 1 is 0.857 bits per heavy atom. The lowest BCUT2D eigenvalue weighted by atomic mass is 9.43. The summed E-state index contributed by atoms with van der Waals surface area (Å²) in [4.78, 5) is 11.9. The van der Waals surface area contributed by atoms with Gasteiger partial charge in [0.1, 0.15) is 49.3 Å². The number of cyclic esters (lactones) is 1. The van der Waals surface area contributed by atoms with Crippen molar-refractivity contribution in [3.63, 3.8) is 0 Å². The molecule has 6 N–H and O–H groups in total. The highest BCUT2D eigenvalue weighted by molar-refractivity contribution is 5.85. The van der Waals surface area contributed by atoms with Gasteiger partial charge in [0.15, 0.2) is 12.6 Å². The number of hydrogen-bond acceptors (Lipinski definition) is 13. The van der Waals surface area contributed by atoms with Gasteiger partial charge in [0.25, 0.3) is 0 Å². The molecule has 278 valence electrons. The van der Waals surface area contributed by atoms with Crippen LogP contribution >= 0.6 is 0 Å². The summed E-state index contributed by atoms with van der Waals surface area (Å²) in [6, 6.07) is 0. The van der Waals surface area contributed by atoms with Crippen LogP contribution in [0.25, 0.3) is 0 Å². The highest BCUT2D eigenvalue weighted by atomic mass is 16.7. The normalized spacial score (nSPS) is 54.4. The van der Waals surface area contributed by atoms with Crippen molar-refractivity contribution in [2.75, 3.05) is 20.3 Å². The SMILES string of the molecule is CO[C@H]1[C@H](O)[C@H](O[C@H]2CC[C@@]3(C)[C@H](CC[C@@H]4[C@@H]3CC[C@]3(C)[C@@H](C5=CC(=O)OC5)CC[C@]43O)C2)O[C@@H](C)[C@@H]1O[C@@H]1O[C@H](CO)[C@@H](O)[C@H](O)[C@H]1O. The van der Waals surface area contributed by atoms with Gasteiger partial charge in [0.2, 0.25) is 0 Å². The number of methoxy groups -OCH3 is 1. The lowest BCUT2D eigenvalue weighted by Gasteiger charge is -2.64. The van der Waals surface area contributed by atoms with Gasteiger partial charge in [-0.15, -0.1) is 0 Å². The first-order valence-electron chi connectivity index (χ1n) is 18.3. The molecule has 13 nitrogen and oxygen atoms in total. The van der Waals surface area contributed by atoms with E-state index in [1.165, 1.54) is 7.11 Å². The highest BCUT2D eigenvalue weighted by Crippen LogP contribution is 2.70. The average molecular weight is 697 g/mol. The number of carbonyl (C=O) groups is 1. The summed E-state index contributed by atoms with van der Waals surface area (Å²) >= 11 is 0. The number of hydrogen-bond donors (Lipinski definition) is 6. The summed E-state index contributed by atoms with van der Waals surface area (Å²) in [6.07, 6.45) is -2.30. The Balaban J connectivity index is 0.990. The molecule has 0 aromatic rings. The minimum absolute atomic E-state index is 0.0579. The number of aliphatic hydroxyl groups excluding tert-OH is 5. The van der Waals surface area contributed by atoms with Crippen LogP contribution in [-0.4, -0.2) is 130 Å². The summed E-state index contributed by atoms with van der Waals surface area (Å²) in [6.45, 7) is 6.15. The van der Waals surface area contributed by atoms with Gasteiger partial charge in [-0.1, -0.05) is 13.8 Å². The Hall–Kier alpha value is -1.23. The predicted octanol–water partition coefficient (Wildman–Crippen LogP) is 0.934. The molecule has 7 rings (SSSR count). The van der Waals surface area contributed by atoms with E-state index >= 15 is 0 Å². The molecule has 0 bridgehead atoms. The zero-order valence-electron chi connectivity index (χ0n) is 29.1.